The Morgan fingerprint density at radius 1 is 1.12 bits per heavy atom. The van der Waals surface area contributed by atoms with Gasteiger partial charge in [0.15, 0.2) is 0 Å². The van der Waals surface area contributed by atoms with Crippen molar-refractivity contribution in [2.75, 3.05) is 11.3 Å². The minimum atomic E-state index is -3.70. The number of hydrogen-bond acceptors (Lipinski definition) is 3. The van der Waals surface area contributed by atoms with Gasteiger partial charge in [-0.15, -0.1) is 6.58 Å². The van der Waals surface area contributed by atoms with E-state index in [4.69, 9.17) is 0 Å². The van der Waals surface area contributed by atoms with E-state index in [0.717, 1.165) is 12.0 Å². The molecule has 0 spiro atoms. The summed E-state index contributed by atoms with van der Waals surface area (Å²) >= 11 is 0. The summed E-state index contributed by atoms with van der Waals surface area (Å²) in [4.78, 5) is 11.9. The molecule has 0 unspecified atom stereocenters. The van der Waals surface area contributed by atoms with Crippen LogP contribution in [0.25, 0.3) is 0 Å². The summed E-state index contributed by atoms with van der Waals surface area (Å²) in [5, 5.41) is 2.64. The fourth-order valence-corrected chi connectivity index (χ4v) is 3.29. The summed E-state index contributed by atoms with van der Waals surface area (Å²) in [5.41, 5.74) is 1.87. The van der Waals surface area contributed by atoms with Crippen molar-refractivity contribution in [3.05, 3.63) is 72.3 Å². The largest absolute Gasteiger partial charge is 0.349 e. The fourth-order valence-electron chi connectivity index (χ4n) is 2.18. The quantitative estimate of drug-likeness (QED) is 0.758. The maximum atomic E-state index is 12.5. The van der Waals surface area contributed by atoms with E-state index >= 15 is 0 Å². The van der Waals surface area contributed by atoms with E-state index < -0.39 is 10.0 Å². The van der Waals surface area contributed by atoms with Crippen LogP contribution in [-0.4, -0.2) is 20.9 Å². The zero-order valence-corrected chi connectivity index (χ0v) is 14.3. The minimum absolute atomic E-state index is 0.105. The monoisotopic (exact) mass is 344 g/mol. The summed E-state index contributed by atoms with van der Waals surface area (Å²) in [6, 6.07) is 13.1. The summed E-state index contributed by atoms with van der Waals surface area (Å²) in [7, 11) is -3.70. The third-order valence-corrected chi connectivity index (χ3v) is 4.86. The molecule has 0 heterocycles. The SMILES string of the molecule is C=CCNC(=O)c1ccc(S(=O)(=O)Nc2ccccc2CC)cc1. The van der Waals surface area contributed by atoms with Gasteiger partial charge < -0.3 is 5.32 Å². The Bertz CT molecular complexity index is 828. The molecule has 5 nitrogen and oxygen atoms in total. The third kappa shape index (κ3) is 4.23. The highest BCUT2D eigenvalue weighted by Gasteiger charge is 2.16. The van der Waals surface area contributed by atoms with Gasteiger partial charge in [0.1, 0.15) is 0 Å². The third-order valence-electron chi connectivity index (χ3n) is 3.48. The number of aryl methyl sites for hydroxylation is 1. The van der Waals surface area contributed by atoms with Crippen LogP contribution < -0.4 is 10.0 Å². The van der Waals surface area contributed by atoms with Crippen molar-refractivity contribution in [3.63, 3.8) is 0 Å². The number of anilines is 1. The number of amides is 1. The Kier molecular flexibility index (Phi) is 5.76. The summed E-state index contributed by atoms with van der Waals surface area (Å²) in [6.45, 7) is 5.84. The topological polar surface area (TPSA) is 75.3 Å². The van der Waals surface area contributed by atoms with Crippen LogP contribution in [0.1, 0.15) is 22.8 Å². The molecule has 2 aromatic carbocycles. The number of rotatable bonds is 7. The highest BCUT2D eigenvalue weighted by molar-refractivity contribution is 7.92. The average Bonchev–Trinajstić information content (AvgIpc) is 2.60. The van der Waals surface area contributed by atoms with Gasteiger partial charge in [-0.05, 0) is 42.3 Å². The molecule has 126 valence electrons. The molecule has 1 amide bonds. The Morgan fingerprint density at radius 2 is 1.79 bits per heavy atom. The van der Waals surface area contributed by atoms with Crippen LogP contribution in [0, 0.1) is 0 Å². The maximum absolute atomic E-state index is 12.5. The molecule has 2 aromatic rings. The van der Waals surface area contributed by atoms with E-state index in [-0.39, 0.29) is 10.8 Å². The molecular weight excluding hydrogens is 324 g/mol. The standard InChI is InChI=1S/C18H20N2O3S/c1-3-13-19-18(21)15-9-11-16(12-10-15)24(22,23)20-17-8-6-5-7-14(17)4-2/h3,5-12,20H,1,4,13H2,2H3,(H,19,21). The lowest BCUT2D eigenvalue weighted by Crippen LogP contribution is -2.23. The fraction of sp³-hybridized carbons (Fsp3) is 0.167. The van der Waals surface area contributed by atoms with Crippen LogP contribution in [0.15, 0.2) is 66.1 Å². The molecule has 0 aliphatic rings. The van der Waals surface area contributed by atoms with Crippen LogP contribution >= 0.6 is 0 Å². The normalized spacial score (nSPS) is 10.9. The van der Waals surface area contributed by atoms with Gasteiger partial charge in [0.25, 0.3) is 15.9 Å². The van der Waals surface area contributed by atoms with Gasteiger partial charge >= 0.3 is 0 Å². The van der Waals surface area contributed by atoms with E-state index in [1.807, 2.05) is 19.1 Å². The second-order valence-corrected chi connectivity index (χ2v) is 6.82. The lowest BCUT2D eigenvalue weighted by atomic mass is 10.1. The van der Waals surface area contributed by atoms with Gasteiger partial charge in [-0.3, -0.25) is 9.52 Å². The van der Waals surface area contributed by atoms with Crippen LogP contribution in [0.5, 0.6) is 0 Å². The molecule has 24 heavy (non-hydrogen) atoms. The van der Waals surface area contributed by atoms with Crippen molar-refractivity contribution in [2.24, 2.45) is 0 Å². The van der Waals surface area contributed by atoms with Gasteiger partial charge in [-0.2, -0.15) is 0 Å². The zero-order valence-electron chi connectivity index (χ0n) is 13.5. The van der Waals surface area contributed by atoms with Crippen molar-refractivity contribution < 1.29 is 13.2 Å². The Labute approximate surface area is 142 Å². The lowest BCUT2D eigenvalue weighted by Gasteiger charge is -2.12. The molecule has 0 aliphatic heterocycles. The molecule has 0 saturated heterocycles. The second-order valence-electron chi connectivity index (χ2n) is 5.14. The highest BCUT2D eigenvalue weighted by atomic mass is 32.2. The summed E-state index contributed by atoms with van der Waals surface area (Å²) in [6.07, 6.45) is 2.30. The average molecular weight is 344 g/mol. The van der Waals surface area contributed by atoms with E-state index in [1.165, 1.54) is 24.3 Å². The van der Waals surface area contributed by atoms with Crippen LogP contribution in [0.2, 0.25) is 0 Å². The van der Waals surface area contributed by atoms with Crippen LogP contribution in [0.4, 0.5) is 5.69 Å². The van der Waals surface area contributed by atoms with Gasteiger partial charge in [0.2, 0.25) is 0 Å². The summed E-state index contributed by atoms with van der Waals surface area (Å²) in [5.74, 6) is -0.275. The molecule has 2 rings (SSSR count). The smallest absolute Gasteiger partial charge is 0.261 e. The molecule has 0 bridgehead atoms. The molecule has 0 aliphatic carbocycles. The number of carbonyl (C=O) groups is 1. The highest BCUT2D eigenvalue weighted by Crippen LogP contribution is 2.20. The van der Waals surface area contributed by atoms with E-state index in [0.29, 0.717) is 17.8 Å². The number of para-hydroxylation sites is 1. The van der Waals surface area contributed by atoms with E-state index in [9.17, 15) is 13.2 Å². The molecule has 0 atom stereocenters. The van der Waals surface area contributed by atoms with Gasteiger partial charge in [0, 0.05) is 12.1 Å². The predicted molar refractivity (Wildman–Crippen MR) is 95.6 cm³/mol. The van der Waals surface area contributed by atoms with Gasteiger partial charge in [-0.25, -0.2) is 8.42 Å². The number of sulfonamides is 1. The number of carbonyl (C=O) groups excluding carboxylic acids is 1. The first-order valence-corrected chi connectivity index (χ1v) is 9.06. The van der Waals surface area contributed by atoms with Crippen LogP contribution in [0.3, 0.4) is 0 Å². The minimum Gasteiger partial charge on any atom is -0.349 e. The maximum Gasteiger partial charge on any atom is 0.261 e. The van der Waals surface area contributed by atoms with Gasteiger partial charge in [-0.1, -0.05) is 31.2 Å². The molecule has 0 radical (unpaired) electrons. The van der Waals surface area contributed by atoms with Crippen molar-refractivity contribution in [2.45, 2.75) is 18.2 Å². The number of benzene rings is 2. The summed E-state index contributed by atoms with van der Waals surface area (Å²) < 4.78 is 27.6. The number of nitrogens with one attached hydrogen (secondary N) is 2. The van der Waals surface area contributed by atoms with Crippen molar-refractivity contribution >= 4 is 21.6 Å². The second kappa shape index (κ2) is 7.79. The first-order valence-electron chi connectivity index (χ1n) is 7.58. The van der Waals surface area contributed by atoms with Crippen molar-refractivity contribution in [3.8, 4) is 0 Å². The lowest BCUT2D eigenvalue weighted by molar-refractivity contribution is 0.0958. The van der Waals surface area contributed by atoms with Gasteiger partial charge in [0.05, 0.1) is 10.6 Å². The first kappa shape index (κ1) is 17.7. The molecule has 6 heteroatoms. The van der Waals surface area contributed by atoms with E-state index in [2.05, 4.69) is 16.6 Å². The first-order chi connectivity index (χ1) is 11.5. The Balaban J connectivity index is 2.20. The van der Waals surface area contributed by atoms with Crippen LogP contribution in [-0.2, 0) is 16.4 Å². The Morgan fingerprint density at radius 3 is 2.42 bits per heavy atom. The molecule has 2 N–H and O–H groups in total. The molecule has 0 saturated carbocycles. The Hall–Kier alpha value is -2.60. The van der Waals surface area contributed by atoms with E-state index in [1.54, 1.807) is 18.2 Å². The number of hydrogen-bond donors (Lipinski definition) is 2. The molecule has 0 aromatic heterocycles. The molecule has 0 fully saturated rings. The predicted octanol–water partition coefficient (Wildman–Crippen LogP) is 2.97. The van der Waals surface area contributed by atoms with Crippen molar-refractivity contribution in [1.82, 2.24) is 5.32 Å². The zero-order chi connectivity index (χ0) is 17.6. The van der Waals surface area contributed by atoms with Crippen molar-refractivity contribution in [1.29, 1.82) is 0 Å². The molecular formula is C18H20N2O3S.